The zero-order chi connectivity index (χ0) is 12.4. The van der Waals surface area contributed by atoms with Crippen LogP contribution in [-0.2, 0) is 4.74 Å². The fourth-order valence-electron chi connectivity index (χ4n) is 3.31. The van der Waals surface area contributed by atoms with Crippen LogP contribution < -0.4 is 0 Å². The molecule has 0 aromatic rings. The number of hydrogen-bond donors (Lipinski definition) is 1. The Bertz CT molecular complexity index is 244. The van der Waals surface area contributed by atoms with E-state index in [1.807, 2.05) is 0 Å². The number of aliphatic hydroxyl groups is 1. The summed E-state index contributed by atoms with van der Waals surface area (Å²) in [5.41, 5.74) is 0. The Morgan fingerprint density at radius 1 is 1.29 bits per heavy atom. The average molecular weight is 241 g/mol. The zero-order valence-electron chi connectivity index (χ0n) is 11.4. The SMILES string of the molecule is CC1CN(C2CC(C(C)C)CCC2O)CCO1. The van der Waals surface area contributed by atoms with Crippen molar-refractivity contribution in [3.05, 3.63) is 0 Å². The van der Waals surface area contributed by atoms with Crippen molar-refractivity contribution >= 4 is 0 Å². The highest BCUT2D eigenvalue weighted by atomic mass is 16.5. The molecule has 3 nitrogen and oxygen atoms in total. The van der Waals surface area contributed by atoms with E-state index in [2.05, 4.69) is 25.7 Å². The molecule has 0 aromatic heterocycles. The summed E-state index contributed by atoms with van der Waals surface area (Å²) in [7, 11) is 0. The van der Waals surface area contributed by atoms with Gasteiger partial charge in [0.25, 0.3) is 0 Å². The minimum atomic E-state index is -0.129. The van der Waals surface area contributed by atoms with Crippen LogP contribution in [0.4, 0.5) is 0 Å². The predicted octanol–water partition coefficient (Wildman–Crippen LogP) is 1.89. The fraction of sp³-hybridized carbons (Fsp3) is 1.00. The van der Waals surface area contributed by atoms with Crippen LogP contribution in [-0.4, -0.2) is 48.0 Å². The van der Waals surface area contributed by atoms with Gasteiger partial charge in [0.1, 0.15) is 0 Å². The number of nitrogens with zero attached hydrogens (tertiary/aromatic N) is 1. The molecule has 0 amide bonds. The first kappa shape index (κ1) is 13.3. The van der Waals surface area contributed by atoms with Crippen molar-refractivity contribution in [3.8, 4) is 0 Å². The van der Waals surface area contributed by atoms with Crippen molar-refractivity contribution in [2.75, 3.05) is 19.7 Å². The van der Waals surface area contributed by atoms with Crippen molar-refractivity contribution in [1.82, 2.24) is 4.90 Å². The van der Waals surface area contributed by atoms with Crippen LogP contribution in [0.2, 0.25) is 0 Å². The van der Waals surface area contributed by atoms with E-state index in [0.717, 1.165) is 44.4 Å². The van der Waals surface area contributed by atoms with E-state index in [1.165, 1.54) is 6.42 Å². The van der Waals surface area contributed by atoms with Crippen molar-refractivity contribution in [2.24, 2.45) is 11.8 Å². The number of morpholine rings is 1. The second-order valence-corrected chi connectivity index (χ2v) is 6.13. The molecule has 17 heavy (non-hydrogen) atoms. The first-order chi connectivity index (χ1) is 8.08. The second kappa shape index (κ2) is 5.68. The molecular formula is C14H27NO2. The molecule has 0 radical (unpaired) electrons. The lowest BCUT2D eigenvalue weighted by Gasteiger charge is -2.44. The lowest BCUT2D eigenvalue weighted by molar-refractivity contribution is -0.0757. The smallest absolute Gasteiger partial charge is 0.0695 e. The van der Waals surface area contributed by atoms with Gasteiger partial charge in [0.2, 0.25) is 0 Å². The van der Waals surface area contributed by atoms with Crippen LogP contribution in [0, 0.1) is 11.8 Å². The predicted molar refractivity (Wildman–Crippen MR) is 69.0 cm³/mol. The third-order valence-electron chi connectivity index (χ3n) is 4.51. The minimum absolute atomic E-state index is 0.129. The lowest BCUT2D eigenvalue weighted by atomic mass is 9.77. The molecule has 1 N–H and O–H groups in total. The fourth-order valence-corrected chi connectivity index (χ4v) is 3.31. The zero-order valence-corrected chi connectivity index (χ0v) is 11.4. The van der Waals surface area contributed by atoms with E-state index < -0.39 is 0 Å². The molecule has 0 aromatic carbocycles. The molecule has 2 rings (SSSR count). The van der Waals surface area contributed by atoms with Gasteiger partial charge in [0.15, 0.2) is 0 Å². The summed E-state index contributed by atoms with van der Waals surface area (Å²) in [6.07, 6.45) is 3.51. The summed E-state index contributed by atoms with van der Waals surface area (Å²) in [6, 6.07) is 0.363. The highest BCUT2D eigenvalue weighted by molar-refractivity contribution is 4.89. The second-order valence-electron chi connectivity index (χ2n) is 6.13. The van der Waals surface area contributed by atoms with Gasteiger partial charge in [-0.2, -0.15) is 0 Å². The minimum Gasteiger partial charge on any atom is -0.391 e. The van der Waals surface area contributed by atoms with Gasteiger partial charge in [0, 0.05) is 19.1 Å². The molecule has 4 atom stereocenters. The van der Waals surface area contributed by atoms with Crippen molar-refractivity contribution < 1.29 is 9.84 Å². The summed E-state index contributed by atoms with van der Waals surface area (Å²) in [4.78, 5) is 2.45. The Morgan fingerprint density at radius 2 is 2.06 bits per heavy atom. The number of aliphatic hydroxyl groups excluding tert-OH is 1. The first-order valence-electron chi connectivity index (χ1n) is 7.11. The number of hydrogen-bond acceptors (Lipinski definition) is 3. The summed E-state index contributed by atoms with van der Waals surface area (Å²) in [6.45, 7) is 9.52. The Labute approximate surface area is 105 Å². The van der Waals surface area contributed by atoms with Gasteiger partial charge >= 0.3 is 0 Å². The maximum Gasteiger partial charge on any atom is 0.0695 e. The Kier molecular flexibility index (Phi) is 4.45. The molecule has 0 bridgehead atoms. The summed E-state index contributed by atoms with van der Waals surface area (Å²) < 4.78 is 5.59. The van der Waals surface area contributed by atoms with Gasteiger partial charge in [-0.3, -0.25) is 4.90 Å². The lowest BCUT2D eigenvalue weighted by Crippen LogP contribution is -2.53. The van der Waals surface area contributed by atoms with Crippen molar-refractivity contribution in [2.45, 2.75) is 58.3 Å². The van der Waals surface area contributed by atoms with E-state index in [0.29, 0.717) is 12.1 Å². The van der Waals surface area contributed by atoms with Crippen LogP contribution in [0.15, 0.2) is 0 Å². The van der Waals surface area contributed by atoms with E-state index in [1.54, 1.807) is 0 Å². The molecule has 2 aliphatic rings. The van der Waals surface area contributed by atoms with E-state index in [4.69, 9.17) is 4.74 Å². The Morgan fingerprint density at radius 3 is 2.71 bits per heavy atom. The molecule has 1 aliphatic heterocycles. The largest absolute Gasteiger partial charge is 0.391 e. The van der Waals surface area contributed by atoms with Crippen LogP contribution >= 0.6 is 0 Å². The standard InChI is InChI=1S/C14H27NO2/c1-10(2)12-4-5-14(16)13(8-12)15-6-7-17-11(3)9-15/h10-14,16H,4-9H2,1-3H3. The monoisotopic (exact) mass is 241 g/mol. The van der Waals surface area contributed by atoms with Gasteiger partial charge in [-0.1, -0.05) is 13.8 Å². The molecule has 1 saturated carbocycles. The molecule has 1 aliphatic carbocycles. The van der Waals surface area contributed by atoms with Gasteiger partial charge < -0.3 is 9.84 Å². The number of rotatable bonds is 2. The molecule has 2 fully saturated rings. The highest BCUT2D eigenvalue weighted by Crippen LogP contribution is 2.33. The summed E-state index contributed by atoms with van der Waals surface area (Å²) >= 11 is 0. The van der Waals surface area contributed by atoms with Crippen molar-refractivity contribution in [3.63, 3.8) is 0 Å². The average Bonchev–Trinajstić information content (AvgIpc) is 2.29. The van der Waals surface area contributed by atoms with E-state index in [-0.39, 0.29) is 6.10 Å². The topological polar surface area (TPSA) is 32.7 Å². The molecular weight excluding hydrogens is 214 g/mol. The first-order valence-corrected chi connectivity index (χ1v) is 7.11. The van der Waals surface area contributed by atoms with E-state index in [9.17, 15) is 5.11 Å². The van der Waals surface area contributed by atoms with Crippen LogP contribution in [0.25, 0.3) is 0 Å². The quantitative estimate of drug-likeness (QED) is 0.801. The Hall–Kier alpha value is -0.120. The normalized spacial score (nSPS) is 40.8. The maximum absolute atomic E-state index is 10.2. The van der Waals surface area contributed by atoms with Gasteiger partial charge in [-0.15, -0.1) is 0 Å². The van der Waals surface area contributed by atoms with E-state index >= 15 is 0 Å². The summed E-state index contributed by atoms with van der Waals surface area (Å²) in [5.74, 6) is 1.52. The van der Waals surface area contributed by atoms with Gasteiger partial charge in [-0.25, -0.2) is 0 Å². The molecule has 100 valence electrons. The molecule has 3 heteroatoms. The third-order valence-corrected chi connectivity index (χ3v) is 4.51. The van der Waals surface area contributed by atoms with Crippen LogP contribution in [0.1, 0.15) is 40.0 Å². The number of ether oxygens (including phenoxy) is 1. The highest BCUT2D eigenvalue weighted by Gasteiger charge is 2.35. The Balaban J connectivity index is 1.96. The molecule has 4 unspecified atom stereocenters. The maximum atomic E-state index is 10.2. The van der Waals surface area contributed by atoms with Crippen LogP contribution in [0.5, 0.6) is 0 Å². The molecule has 1 heterocycles. The molecule has 1 saturated heterocycles. The van der Waals surface area contributed by atoms with Crippen molar-refractivity contribution in [1.29, 1.82) is 0 Å². The van der Waals surface area contributed by atoms with Gasteiger partial charge in [-0.05, 0) is 38.0 Å². The third kappa shape index (κ3) is 3.21. The van der Waals surface area contributed by atoms with Gasteiger partial charge in [0.05, 0.1) is 18.8 Å². The summed E-state index contributed by atoms with van der Waals surface area (Å²) in [5, 5.41) is 10.2. The van der Waals surface area contributed by atoms with Crippen LogP contribution in [0.3, 0.4) is 0 Å². The molecule has 0 spiro atoms.